The minimum atomic E-state index is -2.96. The molecule has 0 radical (unpaired) electrons. The maximum atomic E-state index is 11.8. The van der Waals surface area contributed by atoms with Crippen LogP contribution in [-0.2, 0) is 9.84 Å². The van der Waals surface area contributed by atoms with Crippen LogP contribution in [0.3, 0.4) is 0 Å². The molecule has 1 atom stereocenters. The summed E-state index contributed by atoms with van der Waals surface area (Å²) in [7, 11) is -2.96. The third-order valence-electron chi connectivity index (χ3n) is 5.14. The second kappa shape index (κ2) is 8.44. The summed E-state index contributed by atoms with van der Waals surface area (Å²) in [6, 6.07) is 15.7. The number of hydrogen-bond donors (Lipinski definition) is 0. The summed E-state index contributed by atoms with van der Waals surface area (Å²) < 4.78 is 31.0. The summed E-state index contributed by atoms with van der Waals surface area (Å²) >= 11 is 0. The lowest BCUT2D eigenvalue weighted by molar-refractivity contribution is 0.338. The third kappa shape index (κ3) is 4.46. The molecule has 0 saturated carbocycles. The van der Waals surface area contributed by atoms with Crippen LogP contribution in [0.2, 0.25) is 0 Å². The second-order valence-corrected chi connectivity index (χ2v) is 9.69. The van der Waals surface area contributed by atoms with Gasteiger partial charge in [0.25, 0.3) is 0 Å². The number of sulfone groups is 1. The Labute approximate surface area is 177 Å². The van der Waals surface area contributed by atoms with Gasteiger partial charge in [-0.3, -0.25) is 4.99 Å². The first-order valence-electron chi connectivity index (χ1n) is 10.1. The molecule has 2 aromatic carbocycles. The smallest absolute Gasteiger partial charge is 0.152 e. The van der Waals surface area contributed by atoms with Crippen molar-refractivity contribution in [1.29, 1.82) is 0 Å². The van der Waals surface area contributed by atoms with Crippen LogP contribution in [0.4, 0.5) is 0 Å². The van der Waals surface area contributed by atoms with E-state index >= 15 is 0 Å². The van der Waals surface area contributed by atoms with E-state index in [0.29, 0.717) is 13.0 Å². The largest absolute Gasteiger partial charge is 0.494 e. The molecule has 1 aromatic heterocycles. The molecule has 7 heteroatoms. The first kappa shape index (κ1) is 20.3. The van der Waals surface area contributed by atoms with Crippen LogP contribution in [0.25, 0.3) is 16.9 Å². The summed E-state index contributed by atoms with van der Waals surface area (Å²) in [6.07, 6.45) is 4.27. The Kier molecular flexibility index (Phi) is 5.72. The van der Waals surface area contributed by atoms with Gasteiger partial charge < -0.3 is 4.74 Å². The number of ether oxygens (including phenoxy) is 1. The maximum absolute atomic E-state index is 11.8. The summed E-state index contributed by atoms with van der Waals surface area (Å²) in [5.74, 6) is 1.19. The van der Waals surface area contributed by atoms with Crippen LogP contribution in [0.15, 0.2) is 59.7 Å². The van der Waals surface area contributed by atoms with Crippen LogP contribution in [0.5, 0.6) is 5.75 Å². The standard InChI is InChI=1S/C23H25N3O3S/c1-3-29-22-10-9-18(13-17(22)2)23-19(14-24-20-11-12-30(27,28)16-20)15-26(25-23)21-7-5-4-6-8-21/h4-10,13-15,20H,3,11-12,16H2,1-2H3/t20-/m0/s1. The quantitative estimate of drug-likeness (QED) is 0.565. The Hall–Kier alpha value is -2.93. The van der Waals surface area contributed by atoms with E-state index in [1.807, 2.05) is 67.2 Å². The molecule has 1 aliphatic rings. The molecule has 0 N–H and O–H groups in total. The molecule has 1 aliphatic heterocycles. The van der Waals surface area contributed by atoms with Crippen molar-refractivity contribution < 1.29 is 13.2 Å². The SMILES string of the molecule is CCOc1ccc(-c2nn(-c3ccccc3)cc2C=N[C@H]2CCS(=O)(=O)C2)cc1C. The number of hydrogen-bond acceptors (Lipinski definition) is 5. The van der Waals surface area contributed by atoms with Gasteiger partial charge in [0.05, 0.1) is 29.8 Å². The van der Waals surface area contributed by atoms with Gasteiger partial charge in [-0.25, -0.2) is 13.1 Å². The molecule has 2 heterocycles. The van der Waals surface area contributed by atoms with Crippen LogP contribution in [0, 0.1) is 6.92 Å². The Morgan fingerprint density at radius 3 is 2.70 bits per heavy atom. The number of rotatable bonds is 6. The van der Waals surface area contributed by atoms with Gasteiger partial charge >= 0.3 is 0 Å². The van der Waals surface area contributed by atoms with Gasteiger partial charge in [-0.05, 0) is 56.2 Å². The van der Waals surface area contributed by atoms with Gasteiger partial charge in [0.1, 0.15) is 11.4 Å². The van der Waals surface area contributed by atoms with Gasteiger partial charge in [0.15, 0.2) is 9.84 Å². The minimum Gasteiger partial charge on any atom is -0.494 e. The average molecular weight is 424 g/mol. The van der Waals surface area contributed by atoms with Crippen molar-refractivity contribution in [2.24, 2.45) is 4.99 Å². The molecule has 4 rings (SSSR count). The maximum Gasteiger partial charge on any atom is 0.152 e. The van der Waals surface area contributed by atoms with Crippen molar-refractivity contribution in [2.75, 3.05) is 18.1 Å². The normalized spacial score (nSPS) is 18.1. The number of aryl methyl sites for hydroxylation is 1. The summed E-state index contributed by atoms with van der Waals surface area (Å²) in [5.41, 5.74) is 4.60. The fourth-order valence-electron chi connectivity index (χ4n) is 3.61. The van der Waals surface area contributed by atoms with Crippen molar-refractivity contribution in [3.05, 3.63) is 65.9 Å². The Morgan fingerprint density at radius 2 is 2.03 bits per heavy atom. The third-order valence-corrected chi connectivity index (χ3v) is 6.89. The van der Waals surface area contributed by atoms with E-state index < -0.39 is 9.84 Å². The van der Waals surface area contributed by atoms with E-state index in [-0.39, 0.29) is 17.5 Å². The lowest BCUT2D eigenvalue weighted by Crippen LogP contribution is -2.07. The van der Waals surface area contributed by atoms with E-state index in [0.717, 1.165) is 33.8 Å². The minimum absolute atomic E-state index is 0.119. The molecule has 0 amide bonds. The highest BCUT2D eigenvalue weighted by atomic mass is 32.2. The lowest BCUT2D eigenvalue weighted by Gasteiger charge is -2.08. The van der Waals surface area contributed by atoms with Gasteiger partial charge in [-0.2, -0.15) is 5.10 Å². The summed E-state index contributed by atoms with van der Waals surface area (Å²) in [6.45, 7) is 4.59. The Bertz CT molecular complexity index is 1170. The van der Waals surface area contributed by atoms with Crippen molar-refractivity contribution in [3.8, 4) is 22.7 Å². The highest BCUT2D eigenvalue weighted by Crippen LogP contribution is 2.28. The summed E-state index contributed by atoms with van der Waals surface area (Å²) in [5, 5.41) is 4.81. The van der Waals surface area contributed by atoms with Crippen molar-refractivity contribution in [1.82, 2.24) is 9.78 Å². The lowest BCUT2D eigenvalue weighted by atomic mass is 10.1. The number of aromatic nitrogens is 2. The molecule has 0 bridgehead atoms. The predicted molar refractivity (Wildman–Crippen MR) is 120 cm³/mol. The molecule has 6 nitrogen and oxygen atoms in total. The molecule has 3 aromatic rings. The molecular weight excluding hydrogens is 398 g/mol. The summed E-state index contributed by atoms with van der Waals surface area (Å²) in [4.78, 5) is 4.57. The first-order valence-corrected chi connectivity index (χ1v) is 11.9. The molecule has 0 aliphatic carbocycles. The Morgan fingerprint density at radius 1 is 1.23 bits per heavy atom. The number of para-hydroxylation sites is 1. The zero-order valence-corrected chi connectivity index (χ0v) is 18.0. The number of benzene rings is 2. The molecule has 156 valence electrons. The van der Waals surface area contributed by atoms with E-state index in [2.05, 4.69) is 11.1 Å². The molecule has 30 heavy (non-hydrogen) atoms. The van der Waals surface area contributed by atoms with E-state index in [1.54, 1.807) is 6.21 Å². The van der Waals surface area contributed by atoms with Crippen molar-refractivity contribution in [2.45, 2.75) is 26.3 Å². The fourth-order valence-corrected chi connectivity index (χ4v) is 5.25. The predicted octanol–water partition coefficient (Wildman–Crippen LogP) is 3.85. The average Bonchev–Trinajstić information content (AvgIpc) is 3.31. The van der Waals surface area contributed by atoms with Crippen LogP contribution < -0.4 is 4.74 Å². The second-order valence-electron chi connectivity index (χ2n) is 7.46. The number of nitrogens with zero attached hydrogens (tertiary/aromatic N) is 3. The first-order chi connectivity index (χ1) is 14.4. The highest BCUT2D eigenvalue weighted by molar-refractivity contribution is 7.91. The molecular formula is C23H25N3O3S. The molecule has 1 fully saturated rings. The topological polar surface area (TPSA) is 73.5 Å². The van der Waals surface area contributed by atoms with E-state index in [1.165, 1.54) is 0 Å². The van der Waals surface area contributed by atoms with E-state index in [4.69, 9.17) is 9.84 Å². The van der Waals surface area contributed by atoms with Gasteiger partial charge in [-0.1, -0.05) is 18.2 Å². The molecule has 0 spiro atoms. The zero-order valence-electron chi connectivity index (χ0n) is 17.2. The van der Waals surface area contributed by atoms with Gasteiger partial charge in [-0.15, -0.1) is 0 Å². The van der Waals surface area contributed by atoms with Gasteiger partial charge in [0, 0.05) is 23.5 Å². The fraction of sp³-hybridized carbons (Fsp3) is 0.304. The van der Waals surface area contributed by atoms with E-state index in [9.17, 15) is 8.42 Å². The monoisotopic (exact) mass is 423 g/mol. The highest BCUT2D eigenvalue weighted by Gasteiger charge is 2.27. The van der Waals surface area contributed by atoms with Crippen LogP contribution in [-0.4, -0.2) is 48.6 Å². The molecule has 1 saturated heterocycles. The Balaban J connectivity index is 1.72. The van der Waals surface area contributed by atoms with Crippen molar-refractivity contribution in [3.63, 3.8) is 0 Å². The number of aliphatic imine (C=N–C) groups is 1. The van der Waals surface area contributed by atoms with Gasteiger partial charge in [0.2, 0.25) is 0 Å². The zero-order chi connectivity index (χ0) is 21.1. The van der Waals surface area contributed by atoms with Crippen LogP contribution in [0.1, 0.15) is 24.5 Å². The van der Waals surface area contributed by atoms with Crippen molar-refractivity contribution >= 4 is 16.1 Å². The van der Waals surface area contributed by atoms with Crippen LogP contribution >= 0.6 is 0 Å². The molecule has 0 unspecified atom stereocenters.